The molecule has 0 amide bonds. The monoisotopic (exact) mass is 310 g/mol. The molecule has 0 aliphatic carbocycles. The van der Waals surface area contributed by atoms with Gasteiger partial charge in [0.15, 0.2) is 0 Å². The van der Waals surface area contributed by atoms with E-state index in [1.165, 1.54) is 25.1 Å². The largest absolute Gasteiger partial charge is 0.481 e. The molecule has 0 heterocycles. The lowest BCUT2D eigenvalue weighted by molar-refractivity contribution is -0.141. The lowest BCUT2D eigenvalue weighted by atomic mass is 10.1. The Balaban J connectivity index is 3.16. The van der Waals surface area contributed by atoms with Crippen LogP contribution in [0.1, 0.15) is 25.0 Å². The summed E-state index contributed by atoms with van der Waals surface area (Å²) < 4.78 is 26.2. The number of carboxylic acid groups (broad SMARTS) is 1. The van der Waals surface area contributed by atoms with Crippen LogP contribution < -0.4 is 0 Å². The zero-order valence-electron chi connectivity index (χ0n) is 12.2. The van der Waals surface area contributed by atoms with Crippen molar-refractivity contribution in [3.63, 3.8) is 0 Å². The van der Waals surface area contributed by atoms with Crippen LogP contribution in [0.5, 0.6) is 0 Å². The third-order valence-electron chi connectivity index (χ3n) is 3.21. The van der Waals surface area contributed by atoms with Crippen LogP contribution in [0, 0.1) is 24.2 Å². The highest BCUT2D eigenvalue weighted by Gasteiger charge is 2.27. The Bertz CT molecular complexity index is 677. The zero-order valence-corrected chi connectivity index (χ0v) is 13.0. The molecule has 1 N–H and O–H groups in total. The van der Waals surface area contributed by atoms with E-state index >= 15 is 0 Å². The third kappa shape index (κ3) is 3.80. The molecule has 114 valence electrons. The second kappa shape index (κ2) is 6.70. The first kappa shape index (κ1) is 17.1. The summed E-state index contributed by atoms with van der Waals surface area (Å²) in [7, 11) is -3.77. The van der Waals surface area contributed by atoms with Crippen LogP contribution in [0.2, 0.25) is 0 Å². The normalized spacial score (nSPS) is 12.9. The van der Waals surface area contributed by atoms with Gasteiger partial charge in [0.05, 0.1) is 22.4 Å². The van der Waals surface area contributed by atoms with Crippen molar-refractivity contribution < 1.29 is 18.3 Å². The van der Waals surface area contributed by atoms with Crippen molar-refractivity contribution in [2.75, 3.05) is 13.1 Å². The molecule has 0 saturated carbocycles. The number of sulfonamides is 1. The maximum absolute atomic E-state index is 12.5. The number of nitrogens with zero attached hydrogens (tertiary/aromatic N) is 2. The van der Waals surface area contributed by atoms with Gasteiger partial charge in [-0.3, -0.25) is 4.79 Å². The van der Waals surface area contributed by atoms with Gasteiger partial charge < -0.3 is 5.11 Å². The van der Waals surface area contributed by atoms with Crippen molar-refractivity contribution in [2.45, 2.75) is 25.7 Å². The quantitative estimate of drug-likeness (QED) is 0.860. The maximum atomic E-state index is 12.5. The molecule has 0 aliphatic rings. The molecule has 6 nitrogen and oxygen atoms in total. The van der Waals surface area contributed by atoms with Crippen molar-refractivity contribution in [3.05, 3.63) is 29.3 Å². The molecular weight excluding hydrogens is 292 g/mol. The van der Waals surface area contributed by atoms with Gasteiger partial charge in [-0.15, -0.1) is 0 Å². The first-order chi connectivity index (χ1) is 9.73. The lowest BCUT2D eigenvalue weighted by Gasteiger charge is -2.22. The van der Waals surface area contributed by atoms with Gasteiger partial charge in [0.2, 0.25) is 10.0 Å². The lowest BCUT2D eigenvalue weighted by Crippen LogP contribution is -2.36. The van der Waals surface area contributed by atoms with E-state index in [1.807, 2.05) is 6.07 Å². The Morgan fingerprint density at radius 3 is 2.52 bits per heavy atom. The van der Waals surface area contributed by atoms with Gasteiger partial charge in [0, 0.05) is 13.1 Å². The van der Waals surface area contributed by atoms with Gasteiger partial charge in [-0.05, 0) is 30.7 Å². The Hall–Kier alpha value is -1.91. The highest BCUT2D eigenvalue weighted by Crippen LogP contribution is 2.20. The predicted octanol–water partition coefficient (Wildman–Crippen LogP) is 1.60. The average molecular weight is 310 g/mol. The molecule has 1 aromatic rings. The topological polar surface area (TPSA) is 98.5 Å². The molecule has 0 aliphatic heterocycles. The summed E-state index contributed by atoms with van der Waals surface area (Å²) in [6.45, 7) is 4.87. The number of aryl methyl sites for hydroxylation is 1. The van der Waals surface area contributed by atoms with Crippen LogP contribution >= 0.6 is 0 Å². The van der Waals surface area contributed by atoms with Crippen molar-refractivity contribution in [2.24, 2.45) is 5.92 Å². The summed E-state index contributed by atoms with van der Waals surface area (Å²) in [6.07, 6.45) is 0. The van der Waals surface area contributed by atoms with E-state index in [0.717, 1.165) is 4.31 Å². The molecule has 0 saturated heterocycles. The second-order valence-electron chi connectivity index (χ2n) is 4.78. The fourth-order valence-corrected chi connectivity index (χ4v) is 3.48. The highest BCUT2D eigenvalue weighted by molar-refractivity contribution is 7.89. The van der Waals surface area contributed by atoms with Crippen molar-refractivity contribution in [1.82, 2.24) is 4.31 Å². The summed E-state index contributed by atoms with van der Waals surface area (Å²) in [5.74, 6) is -1.83. The maximum Gasteiger partial charge on any atom is 0.307 e. The summed E-state index contributed by atoms with van der Waals surface area (Å²) in [4.78, 5) is 11.0. The Kier molecular flexibility index (Phi) is 5.47. The molecular formula is C14H18N2O4S. The molecule has 0 spiro atoms. The number of aliphatic carboxylic acids is 1. The minimum absolute atomic E-state index is 0.0680. The van der Waals surface area contributed by atoms with Crippen molar-refractivity contribution >= 4 is 16.0 Å². The van der Waals surface area contributed by atoms with Crippen LogP contribution in [-0.2, 0) is 14.8 Å². The first-order valence-corrected chi connectivity index (χ1v) is 7.91. The minimum atomic E-state index is -3.77. The van der Waals surface area contributed by atoms with E-state index in [1.54, 1.807) is 13.8 Å². The number of carboxylic acids is 1. The molecule has 0 aromatic heterocycles. The third-order valence-corrected chi connectivity index (χ3v) is 5.14. The van der Waals surface area contributed by atoms with Gasteiger partial charge >= 0.3 is 5.97 Å². The standard InChI is InChI=1S/C14H18N2O4S/c1-4-16(9-11(3)14(17)18)21(19,20)13-6-5-12(8-15)10(2)7-13/h5-7,11H,4,9H2,1-3H3,(H,17,18). The molecule has 0 bridgehead atoms. The Labute approximate surface area is 124 Å². The van der Waals surface area contributed by atoms with Gasteiger partial charge in [0.25, 0.3) is 0 Å². The molecule has 1 atom stereocenters. The van der Waals surface area contributed by atoms with Gasteiger partial charge in [-0.2, -0.15) is 9.57 Å². The number of hydrogen-bond donors (Lipinski definition) is 1. The fraction of sp³-hybridized carbons (Fsp3) is 0.429. The molecule has 1 aromatic carbocycles. The smallest absolute Gasteiger partial charge is 0.307 e. The van der Waals surface area contributed by atoms with Gasteiger partial charge in [0.1, 0.15) is 0 Å². The average Bonchev–Trinajstić information content (AvgIpc) is 2.43. The molecule has 21 heavy (non-hydrogen) atoms. The second-order valence-corrected chi connectivity index (χ2v) is 6.72. The molecule has 1 unspecified atom stereocenters. The van der Waals surface area contributed by atoms with E-state index in [-0.39, 0.29) is 18.0 Å². The number of benzene rings is 1. The van der Waals surface area contributed by atoms with E-state index < -0.39 is 21.9 Å². The number of hydrogen-bond acceptors (Lipinski definition) is 4. The summed E-state index contributed by atoms with van der Waals surface area (Å²) in [5, 5.41) is 17.8. The van der Waals surface area contributed by atoms with Crippen molar-refractivity contribution in [3.8, 4) is 6.07 Å². The number of rotatable bonds is 6. The predicted molar refractivity (Wildman–Crippen MR) is 77.1 cm³/mol. The van der Waals surface area contributed by atoms with Crippen LogP contribution in [-0.4, -0.2) is 36.9 Å². The van der Waals surface area contributed by atoms with Gasteiger partial charge in [-0.1, -0.05) is 13.8 Å². The number of carbonyl (C=O) groups is 1. The van der Waals surface area contributed by atoms with Crippen LogP contribution in [0.25, 0.3) is 0 Å². The van der Waals surface area contributed by atoms with E-state index in [0.29, 0.717) is 11.1 Å². The van der Waals surface area contributed by atoms with E-state index in [4.69, 9.17) is 10.4 Å². The van der Waals surface area contributed by atoms with Crippen molar-refractivity contribution in [1.29, 1.82) is 5.26 Å². The minimum Gasteiger partial charge on any atom is -0.481 e. The van der Waals surface area contributed by atoms with E-state index in [2.05, 4.69) is 0 Å². The fourth-order valence-electron chi connectivity index (χ4n) is 1.85. The Morgan fingerprint density at radius 2 is 2.10 bits per heavy atom. The summed E-state index contributed by atoms with van der Waals surface area (Å²) >= 11 is 0. The molecule has 0 fully saturated rings. The molecule has 1 rings (SSSR count). The molecule has 7 heteroatoms. The summed E-state index contributed by atoms with van der Waals surface area (Å²) in [5.41, 5.74) is 0.983. The summed E-state index contributed by atoms with van der Waals surface area (Å²) in [6, 6.07) is 6.24. The zero-order chi connectivity index (χ0) is 16.2. The SMILES string of the molecule is CCN(CC(C)C(=O)O)S(=O)(=O)c1ccc(C#N)c(C)c1. The first-order valence-electron chi connectivity index (χ1n) is 6.47. The highest BCUT2D eigenvalue weighted by atomic mass is 32.2. The molecule has 0 radical (unpaired) electrons. The van der Waals surface area contributed by atoms with Crippen LogP contribution in [0.15, 0.2) is 23.1 Å². The van der Waals surface area contributed by atoms with Gasteiger partial charge in [-0.25, -0.2) is 8.42 Å². The van der Waals surface area contributed by atoms with Crippen LogP contribution in [0.4, 0.5) is 0 Å². The van der Waals surface area contributed by atoms with Crippen LogP contribution in [0.3, 0.4) is 0 Å². The van der Waals surface area contributed by atoms with E-state index in [9.17, 15) is 13.2 Å². The Morgan fingerprint density at radius 1 is 1.48 bits per heavy atom. The number of nitriles is 1.